The maximum absolute atomic E-state index is 10.8. The number of carbonyl (C=O) groups excluding carboxylic acids is 1. The van der Waals surface area contributed by atoms with Crippen LogP contribution in [-0.2, 0) is 9.63 Å². The SMILES string of the molecule is CC(C)ONC(=O)C(C)C. The highest BCUT2D eigenvalue weighted by molar-refractivity contribution is 5.76. The van der Waals surface area contributed by atoms with Gasteiger partial charge in [0.1, 0.15) is 0 Å². The molecule has 0 rings (SSSR count). The maximum atomic E-state index is 10.8. The van der Waals surface area contributed by atoms with Crippen molar-refractivity contribution in [1.29, 1.82) is 0 Å². The van der Waals surface area contributed by atoms with Gasteiger partial charge in [-0.05, 0) is 13.8 Å². The molecule has 0 aromatic rings. The summed E-state index contributed by atoms with van der Waals surface area (Å²) in [4.78, 5) is 15.7. The Morgan fingerprint density at radius 3 is 2.10 bits per heavy atom. The zero-order chi connectivity index (χ0) is 8.15. The highest BCUT2D eigenvalue weighted by Crippen LogP contribution is 1.91. The van der Waals surface area contributed by atoms with Gasteiger partial charge >= 0.3 is 0 Å². The molecule has 1 N–H and O–H groups in total. The second-order valence-corrected chi connectivity index (χ2v) is 2.79. The van der Waals surface area contributed by atoms with E-state index in [2.05, 4.69) is 5.48 Å². The van der Waals surface area contributed by atoms with Gasteiger partial charge in [0.2, 0.25) is 5.91 Å². The normalized spacial score (nSPS) is 10.6. The molecule has 10 heavy (non-hydrogen) atoms. The summed E-state index contributed by atoms with van der Waals surface area (Å²) in [5.41, 5.74) is 2.34. The third-order valence-electron chi connectivity index (χ3n) is 0.920. The molecule has 3 heteroatoms. The molecular weight excluding hydrogens is 130 g/mol. The molecule has 3 nitrogen and oxygen atoms in total. The lowest BCUT2D eigenvalue weighted by Crippen LogP contribution is -2.30. The van der Waals surface area contributed by atoms with Gasteiger partial charge in [0, 0.05) is 5.92 Å². The summed E-state index contributed by atoms with van der Waals surface area (Å²) in [5.74, 6) is -0.0903. The minimum Gasteiger partial charge on any atom is -0.273 e. The summed E-state index contributed by atoms with van der Waals surface area (Å²) in [7, 11) is 0. The molecule has 0 heterocycles. The van der Waals surface area contributed by atoms with E-state index in [0.29, 0.717) is 0 Å². The van der Waals surface area contributed by atoms with E-state index >= 15 is 0 Å². The van der Waals surface area contributed by atoms with Crippen molar-refractivity contribution in [3.05, 3.63) is 0 Å². The first-order chi connectivity index (χ1) is 4.54. The Hall–Kier alpha value is -0.570. The maximum Gasteiger partial charge on any atom is 0.246 e. The Balaban J connectivity index is 3.40. The van der Waals surface area contributed by atoms with Crippen LogP contribution < -0.4 is 5.48 Å². The van der Waals surface area contributed by atoms with Crippen LogP contribution in [0.5, 0.6) is 0 Å². The van der Waals surface area contributed by atoms with Gasteiger partial charge < -0.3 is 0 Å². The number of hydroxylamine groups is 1. The van der Waals surface area contributed by atoms with Crippen molar-refractivity contribution >= 4 is 5.91 Å². The van der Waals surface area contributed by atoms with Crippen molar-refractivity contribution in [3.63, 3.8) is 0 Å². The number of carbonyl (C=O) groups is 1. The van der Waals surface area contributed by atoms with E-state index < -0.39 is 0 Å². The van der Waals surface area contributed by atoms with Crippen LogP contribution in [0, 0.1) is 5.92 Å². The van der Waals surface area contributed by atoms with E-state index in [9.17, 15) is 4.79 Å². The van der Waals surface area contributed by atoms with Gasteiger partial charge in [0.25, 0.3) is 0 Å². The van der Waals surface area contributed by atoms with Crippen molar-refractivity contribution in [2.45, 2.75) is 33.8 Å². The lowest BCUT2D eigenvalue weighted by molar-refractivity contribution is -0.140. The average molecular weight is 145 g/mol. The first-order valence-corrected chi connectivity index (χ1v) is 3.49. The Morgan fingerprint density at radius 1 is 1.30 bits per heavy atom. The second-order valence-electron chi connectivity index (χ2n) is 2.79. The van der Waals surface area contributed by atoms with E-state index in [0.717, 1.165) is 0 Å². The smallest absolute Gasteiger partial charge is 0.246 e. The quantitative estimate of drug-likeness (QED) is 0.604. The summed E-state index contributed by atoms with van der Waals surface area (Å²) >= 11 is 0. The molecule has 0 aliphatic heterocycles. The number of rotatable bonds is 3. The van der Waals surface area contributed by atoms with Gasteiger partial charge in [0.05, 0.1) is 6.10 Å². The van der Waals surface area contributed by atoms with Crippen molar-refractivity contribution in [1.82, 2.24) is 5.48 Å². The molecule has 0 radical (unpaired) electrons. The van der Waals surface area contributed by atoms with Gasteiger partial charge in [-0.25, -0.2) is 5.48 Å². The topological polar surface area (TPSA) is 38.3 Å². The predicted octanol–water partition coefficient (Wildman–Crippen LogP) is 1.10. The lowest BCUT2D eigenvalue weighted by atomic mass is 10.2. The Labute approximate surface area is 61.7 Å². The van der Waals surface area contributed by atoms with Gasteiger partial charge in [-0.3, -0.25) is 9.63 Å². The van der Waals surface area contributed by atoms with Crippen molar-refractivity contribution in [2.75, 3.05) is 0 Å². The van der Waals surface area contributed by atoms with Crippen LogP contribution >= 0.6 is 0 Å². The number of nitrogens with one attached hydrogen (secondary N) is 1. The Morgan fingerprint density at radius 2 is 1.80 bits per heavy atom. The zero-order valence-corrected chi connectivity index (χ0v) is 6.97. The molecule has 0 fully saturated rings. The van der Waals surface area contributed by atoms with Crippen LogP contribution in [0.25, 0.3) is 0 Å². The van der Waals surface area contributed by atoms with Crippen molar-refractivity contribution in [3.8, 4) is 0 Å². The minimum absolute atomic E-state index is 0.0150. The number of hydrogen-bond donors (Lipinski definition) is 1. The fourth-order valence-corrected chi connectivity index (χ4v) is 0.294. The van der Waals surface area contributed by atoms with Gasteiger partial charge in [-0.1, -0.05) is 13.8 Å². The third-order valence-corrected chi connectivity index (χ3v) is 0.920. The van der Waals surface area contributed by atoms with Crippen LogP contribution in [0.4, 0.5) is 0 Å². The monoisotopic (exact) mass is 145 g/mol. The van der Waals surface area contributed by atoms with E-state index in [1.54, 1.807) is 0 Å². The van der Waals surface area contributed by atoms with E-state index in [-0.39, 0.29) is 17.9 Å². The van der Waals surface area contributed by atoms with Crippen LogP contribution in [-0.4, -0.2) is 12.0 Å². The fraction of sp³-hybridized carbons (Fsp3) is 0.857. The fourth-order valence-electron chi connectivity index (χ4n) is 0.294. The third kappa shape index (κ3) is 4.32. The van der Waals surface area contributed by atoms with Crippen LogP contribution in [0.2, 0.25) is 0 Å². The minimum atomic E-state index is -0.0753. The number of hydrogen-bond acceptors (Lipinski definition) is 2. The molecular formula is C7H15NO2. The van der Waals surface area contributed by atoms with Crippen LogP contribution in [0.1, 0.15) is 27.7 Å². The van der Waals surface area contributed by atoms with Crippen molar-refractivity contribution < 1.29 is 9.63 Å². The lowest BCUT2D eigenvalue weighted by Gasteiger charge is -2.09. The average Bonchev–Trinajstić information content (AvgIpc) is 1.82. The molecule has 0 saturated heterocycles. The highest BCUT2D eigenvalue weighted by atomic mass is 16.7. The Bertz CT molecular complexity index is 110. The van der Waals surface area contributed by atoms with Gasteiger partial charge in [-0.15, -0.1) is 0 Å². The van der Waals surface area contributed by atoms with Gasteiger partial charge in [0.15, 0.2) is 0 Å². The van der Waals surface area contributed by atoms with E-state index in [4.69, 9.17) is 4.84 Å². The molecule has 0 aromatic carbocycles. The first-order valence-electron chi connectivity index (χ1n) is 3.49. The second kappa shape index (κ2) is 4.28. The molecule has 0 aliphatic carbocycles. The zero-order valence-electron chi connectivity index (χ0n) is 6.97. The molecule has 0 unspecified atom stereocenters. The van der Waals surface area contributed by atoms with E-state index in [1.165, 1.54) is 0 Å². The summed E-state index contributed by atoms with van der Waals surface area (Å²) in [6.45, 7) is 7.36. The molecule has 1 amide bonds. The molecule has 60 valence electrons. The van der Waals surface area contributed by atoms with Gasteiger partial charge in [-0.2, -0.15) is 0 Å². The number of amides is 1. The van der Waals surface area contributed by atoms with E-state index in [1.807, 2.05) is 27.7 Å². The van der Waals surface area contributed by atoms with Crippen molar-refractivity contribution in [2.24, 2.45) is 5.92 Å². The Kier molecular flexibility index (Phi) is 4.03. The van der Waals surface area contributed by atoms with Crippen LogP contribution in [0.3, 0.4) is 0 Å². The molecule has 0 aromatic heterocycles. The molecule has 0 aliphatic rings. The predicted molar refractivity (Wildman–Crippen MR) is 39.2 cm³/mol. The summed E-state index contributed by atoms with van der Waals surface area (Å²) in [6.07, 6.45) is 0.0442. The standard InChI is InChI=1S/C7H15NO2/c1-5(2)7(9)8-10-6(3)4/h5-6H,1-4H3,(H,8,9). The summed E-state index contributed by atoms with van der Waals surface area (Å²) in [6, 6.07) is 0. The summed E-state index contributed by atoms with van der Waals surface area (Å²) < 4.78 is 0. The molecule has 0 atom stereocenters. The molecule has 0 bridgehead atoms. The molecule has 0 saturated carbocycles. The first kappa shape index (κ1) is 9.43. The largest absolute Gasteiger partial charge is 0.273 e. The van der Waals surface area contributed by atoms with Crippen LogP contribution in [0.15, 0.2) is 0 Å². The summed E-state index contributed by atoms with van der Waals surface area (Å²) in [5, 5.41) is 0. The highest BCUT2D eigenvalue weighted by Gasteiger charge is 2.06. The molecule has 0 spiro atoms.